The molecule has 0 spiro atoms. The Hall–Kier alpha value is -0.420. The number of sulfone groups is 1. The highest BCUT2D eigenvalue weighted by atomic mass is 79.9. The van der Waals surface area contributed by atoms with E-state index in [1.54, 1.807) is 6.07 Å². The Labute approximate surface area is 84.8 Å². The topological polar surface area (TPSA) is 34.1 Å². The second-order valence-corrected chi connectivity index (χ2v) is 5.90. The molecule has 0 aliphatic carbocycles. The van der Waals surface area contributed by atoms with E-state index in [9.17, 15) is 12.8 Å². The molecule has 72 valence electrons. The van der Waals surface area contributed by atoms with Gasteiger partial charge in [0, 0.05) is 10.7 Å². The molecule has 0 saturated heterocycles. The van der Waals surface area contributed by atoms with Gasteiger partial charge >= 0.3 is 0 Å². The van der Waals surface area contributed by atoms with Crippen molar-refractivity contribution in [2.75, 3.05) is 6.26 Å². The lowest BCUT2D eigenvalue weighted by molar-refractivity contribution is 0.600. The van der Waals surface area contributed by atoms with Crippen LogP contribution in [-0.2, 0) is 15.6 Å². The van der Waals surface area contributed by atoms with Gasteiger partial charge < -0.3 is 0 Å². The van der Waals surface area contributed by atoms with Gasteiger partial charge in [0.2, 0.25) is 0 Å². The number of halogens is 2. The van der Waals surface area contributed by atoms with Crippen LogP contribution in [0, 0.1) is 5.82 Å². The maximum atomic E-state index is 12.8. The van der Waals surface area contributed by atoms with Gasteiger partial charge in [0.25, 0.3) is 0 Å². The summed E-state index contributed by atoms with van der Waals surface area (Å²) in [7, 11) is -3.10. The third-order valence-electron chi connectivity index (χ3n) is 1.35. The molecule has 2 nitrogen and oxygen atoms in total. The molecule has 0 N–H and O–H groups in total. The summed E-state index contributed by atoms with van der Waals surface area (Å²) in [4.78, 5) is 0. The lowest BCUT2D eigenvalue weighted by atomic mass is 10.2. The lowest BCUT2D eigenvalue weighted by Crippen LogP contribution is -2.00. The summed E-state index contributed by atoms with van der Waals surface area (Å²) in [6.45, 7) is 0. The van der Waals surface area contributed by atoms with E-state index >= 15 is 0 Å². The minimum atomic E-state index is -3.10. The van der Waals surface area contributed by atoms with Crippen molar-refractivity contribution >= 4 is 25.8 Å². The van der Waals surface area contributed by atoms with Crippen LogP contribution in [0.2, 0.25) is 0 Å². The SMILES string of the molecule is CS(=O)(=O)Cc1cc(F)cc(Br)c1. The molecule has 0 radical (unpaired) electrons. The average molecular weight is 267 g/mol. The van der Waals surface area contributed by atoms with Gasteiger partial charge in [-0.3, -0.25) is 0 Å². The van der Waals surface area contributed by atoms with E-state index in [0.717, 1.165) is 6.26 Å². The summed E-state index contributed by atoms with van der Waals surface area (Å²) >= 11 is 3.09. The fourth-order valence-electron chi connectivity index (χ4n) is 0.997. The molecule has 0 bridgehead atoms. The predicted molar refractivity (Wildman–Crippen MR) is 52.6 cm³/mol. The van der Waals surface area contributed by atoms with E-state index in [-0.39, 0.29) is 5.75 Å². The van der Waals surface area contributed by atoms with Gasteiger partial charge in [-0.2, -0.15) is 0 Å². The van der Waals surface area contributed by atoms with Crippen molar-refractivity contribution in [2.24, 2.45) is 0 Å². The summed E-state index contributed by atoms with van der Waals surface area (Å²) < 4.78 is 35.1. The van der Waals surface area contributed by atoms with Crippen LogP contribution < -0.4 is 0 Å². The predicted octanol–water partition coefficient (Wildman–Crippen LogP) is 2.13. The summed E-state index contributed by atoms with van der Waals surface area (Å²) in [6, 6.07) is 4.09. The van der Waals surface area contributed by atoms with Crippen LogP contribution in [0.3, 0.4) is 0 Å². The fourth-order valence-corrected chi connectivity index (χ4v) is 2.28. The van der Waals surface area contributed by atoms with E-state index < -0.39 is 15.7 Å². The van der Waals surface area contributed by atoms with Gasteiger partial charge in [0.15, 0.2) is 9.84 Å². The van der Waals surface area contributed by atoms with Crippen LogP contribution in [0.4, 0.5) is 4.39 Å². The highest BCUT2D eigenvalue weighted by molar-refractivity contribution is 9.10. The molecule has 0 saturated carbocycles. The number of rotatable bonds is 2. The van der Waals surface area contributed by atoms with Gasteiger partial charge in [-0.25, -0.2) is 12.8 Å². The second kappa shape index (κ2) is 3.75. The van der Waals surface area contributed by atoms with Gasteiger partial charge in [0.1, 0.15) is 5.82 Å². The average Bonchev–Trinajstić information content (AvgIpc) is 1.78. The van der Waals surface area contributed by atoms with Crippen molar-refractivity contribution in [3.05, 3.63) is 34.1 Å². The van der Waals surface area contributed by atoms with Crippen molar-refractivity contribution in [1.82, 2.24) is 0 Å². The van der Waals surface area contributed by atoms with Crippen LogP contribution in [0.1, 0.15) is 5.56 Å². The zero-order chi connectivity index (χ0) is 10.1. The highest BCUT2D eigenvalue weighted by Crippen LogP contribution is 2.16. The van der Waals surface area contributed by atoms with Crippen molar-refractivity contribution in [2.45, 2.75) is 5.75 Å². The zero-order valence-corrected chi connectivity index (χ0v) is 9.32. The number of benzene rings is 1. The number of hydrogen-bond donors (Lipinski definition) is 0. The lowest BCUT2D eigenvalue weighted by Gasteiger charge is -2.00. The molecule has 0 amide bonds. The van der Waals surface area contributed by atoms with Crippen molar-refractivity contribution in [1.29, 1.82) is 0 Å². The molecule has 1 rings (SSSR count). The smallest absolute Gasteiger partial charge is 0.151 e. The molecule has 0 unspecified atom stereocenters. The second-order valence-electron chi connectivity index (χ2n) is 2.85. The molecule has 0 aliphatic heterocycles. The molecule has 0 atom stereocenters. The van der Waals surface area contributed by atoms with Gasteiger partial charge in [-0.15, -0.1) is 0 Å². The van der Waals surface area contributed by atoms with Crippen LogP contribution in [-0.4, -0.2) is 14.7 Å². The van der Waals surface area contributed by atoms with Gasteiger partial charge in [-0.05, 0) is 23.8 Å². The summed E-state index contributed by atoms with van der Waals surface area (Å²) in [5.74, 6) is -0.573. The largest absolute Gasteiger partial charge is 0.229 e. The normalized spacial score (nSPS) is 11.6. The van der Waals surface area contributed by atoms with E-state index in [2.05, 4.69) is 15.9 Å². The third-order valence-corrected chi connectivity index (χ3v) is 2.67. The molecule has 0 aromatic heterocycles. The monoisotopic (exact) mass is 266 g/mol. The zero-order valence-electron chi connectivity index (χ0n) is 6.92. The minimum absolute atomic E-state index is 0.136. The minimum Gasteiger partial charge on any atom is -0.229 e. The van der Waals surface area contributed by atoms with Crippen molar-refractivity contribution < 1.29 is 12.8 Å². The Bertz CT molecular complexity index is 394. The standard InChI is InChI=1S/C8H8BrFO2S/c1-13(11,12)5-6-2-7(9)4-8(10)3-6/h2-4H,5H2,1H3. The Kier molecular flexibility index (Phi) is 3.08. The van der Waals surface area contributed by atoms with Crippen LogP contribution >= 0.6 is 15.9 Å². The first-order chi connectivity index (χ1) is 5.87. The van der Waals surface area contributed by atoms with E-state index in [4.69, 9.17) is 0 Å². The summed E-state index contributed by atoms with van der Waals surface area (Å²) in [6.07, 6.45) is 1.12. The summed E-state index contributed by atoms with van der Waals surface area (Å²) in [5, 5.41) is 0. The fraction of sp³-hybridized carbons (Fsp3) is 0.250. The van der Waals surface area contributed by atoms with Gasteiger partial charge in [0.05, 0.1) is 5.75 Å². The molecule has 5 heteroatoms. The van der Waals surface area contributed by atoms with E-state index in [1.807, 2.05) is 0 Å². The first-order valence-electron chi connectivity index (χ1n) is 3.49. The Morgan fingerprint density at radius 3 is 2.46 bits per heavy atom. The first-order valence-corrected chi connectivity index (χ1v) is 6.35. The maximum absolute atomic E-state index is 12.8. The molecule has 13 heavy (non-hydrogen) atoms. The van der Waals surface area contributed by atoms with Crippen molar-refractivity contribution in [3.8, 4) is 0 Å². The Morgan fingerprint density at radius 1 is 1.38 bits per heavy atom. The van der Waals surface area contributed by atoms with Crippen LogP contribution in [0.15, 0.2) is 22.7 Å². The van der Waals surface area contributed by atoms with Crippen molar-refractivity contribution in [3.63, 3.8) is 0 Å². The molecule has 1 aromatic carbocycles. The third kappa shape index (κ3) is 3.87. The van der Waals surface area contributed by atoms with E-state index in [0.29, 0.717) is 10.0 Å². The quantitative estimate of drug-likeness (QED) is 0.822. The maximum Gasteiger partial charge on any atom is 0.151 e. The molecule has 0 fully saturated rings. The van der Waals surface area contributed by atoms with E-state index in [1.165, 1.54) is 12.1 Å². The number of hydrogen-bond acceptors (Lipinski definition) is 2. The highest BCUT2D eigenvalue weighted by Gasteiger charge is 2.06. The molecule has 1 aromatic rings. The summed E-state index contributed by atoms with van der Waals surface area (Å²) in [5.41, 5.74) is 0.453. The Morgan fingerprint density at radius 2 is 2.00 bits per heavy atom. The molecule has 0 heterocycles. The molecular weight excluding hydrogens is 259 g/mol. The van der Waals surface area contributed by atoms with Gasteiger partial charge in [-0.1, -0.05) is 15.9 Å². The first kappa shape index (κ1) is 10.7. The molecule has 0 aliphatic rings. The molecular formula is C8H8BrFO2S. The van der Waals surface area contributed by atoms with Crippen LogP contribution in [0.5, 0.6) is 0 Å². The van der Waals surface area contributed by atoms with Crippen LogP contribution in [0.25, 0.3) is 0 Å². The Balaban J connectivity index is 3.03.